The first-order valence-corrected chi connectivity index (χ1v) is 10.2. The van der Waals surface area contributed by atoms with Gasteiger partial charge in [-0.15, -0.1) is 0 Å². The number of methoxy groups -OCH3 is 2. The second-order valence-corrected chi connectivity index (χ2v) is 6.91. The Kier molecular flexibility index (Phi) is 7.96. The standard InChI is InChI=1S/C25H23N3O6/c1-16(19-11-7-8-12-21(19)34-25(31)17-9-5-4-6-10-17)27-28-24(30)23(29)26-20-14-13-18(32-2)15-22(20)33-3/h4-15H,1-3H3,(H,26,29)(H,28,30)/b27-16+. The number of amides is 2. The van der Waals surface area contributed by atoms with E-state index in [2.05, 4.69) is 15.8 Å². The van der Waals surface area contributed by atoms with Crippen molar-refractivity contribution in [2.45, 2.75) is 6.92 Å². The van der Waals surface area contributed by atoms with Crippen molar-refractivity contribution in [3.05, 3.63) is 83.9 Å². The first kappa shape index (κ1) is 24.0. The summed E-state index contributed by atoms with van der Waals surface area (Å²) in [6, 6.07) is 20.0. The number of carbonyl (C=O) groups excluding carboxylic acids is 3. The van der Waals surface area contributed by atoms with Crippen molar-refractivity contribution in [2.75, 3.05) is 19.5 Å². The topological polar surface area (TPSA) is 115 Å². The molecule has 2 amide bonds. The lowest BCUT2D eigenvalue weighted by molar-refractivity contribution is -0.136. The largest absolute Gasteiger partial charge is 0.497 e. The third kappa shape index (κ3) is 5.98. The number of benzene rings is 3. The molecule has 0 radical (unpaired) electrons. The third-order valence-corrected chi connectivity index (χ3v) is 4.68. The molecule has 3 rings (SSSR count). The number of rotatable bonds is 7. The van der Waals surface area contributed by atoms with E-state index < -0.39 is 17.8 Å². The molecule has 34 heavy (non-hydrogen) atoms. The highest BCUT2D eigenvalue weighted by molar-refractivity contribution is 6.39. The van der Waals surface area contributed by atoms with Gasteiger partial charge in [0.05, 0.1) is 31.2 Å². The lowest BCUT2D eigenvalue weighted by Crippen LogP contribution is -2.33. The lowest BCUT2D eigenvalue weighted by Gasteiger charge is -2.11. The van der Waals surface area contributed by atoms with Crippen molar-refractivity contribution in [3.63, 3.8) is 0 Å². The summed E-state index contributed by atoms with van der Waals surface area (Å²) in [7, 11) is 2.93. The predicted molar refractivity (Wildman–Crippen MR) is 126 cm³/mol. The fraction of sp³-hybridized carbons (Fsp3) is 0.120. The summed E-state index contributed by atoms with van der Waals surface area (Å²) in [5, 5.41) is 6.44. The summed E-state index contributed by atoms with van der Waals surface area (Å²) in [5.74, 6) is -1.34. The monoisotopic (exact) mass is 461 g/mol. The van der Waals surface area contributed by atoms with Crippen molar-refractivity contribution in [2.24, 2.45) is 5.10 Å². The second kappa shape index (κ2) is 11.3. The van der Waals surface area contributed by atoms with E-state index in [1.807, 2.05) is 0 Å². The molecule has 174 valence electrons. The van der Waals surface area contributed by atoms with Crippen molar-refractivity contribution in [1.29, 1.82) is 0 Å². The summed E-state index contributed by atoms with van der Waals surface area (Å²) >= 11 is 0. The minimum atomic E-state index is -0.990. The van der Waals surface area contributed by atoms with Crippen LogP contribution in [0.15, 0.2) is 77.9 Å². The van der Waals surface area contributed by atoms with E-state index in [0.717, 1.165) is 0 Å². The highest BCUT2D eigenvalue weighted by Gasteiger charge is 2.17. The second-order valence-electron chi connectivity index (χ2n) is 6.91. The van der Waals surface area contributed by atoms with Crippen LogP contribution in [-0.4, -0.2) is 37.7 Å². The van der Waals surface area contributed by atoms with E-state index in [9.17, 15) is 14.4 Å². The molecule has 2 N–H and O–H groups in total. The number of hydrazone groups is 1. The minimum Gasteiger partial charge on any atom is -0.497 e. The Morgan fingerprint density at radius 2 is 1.50 bits per heavy atom. The summed E-state index contributed by atoms with van der Waals surface area (Å²) < 4.78 is 15.8. The Hall–Kier alpha value is -4.66. The molecule has 0 atom stereocenters. The number of hydrogen-bond donors (Lipinski definition) is 2. The molecule has 0 aliphatic heterocycles. The van der Waals surface area contributed by atoms with E-state index in [0.29, 0.717) is 34.0 Å². The molecule has 0 aromatic heterocycles. The maximum Gasteiger partial charge on any atom is 0.343 e. The van der Waals surface area contributed by atoms with Crippen molar-refractivity contribution >= 4 is 29.2 Å². The quantitative estimate of drug-likeness (QED) is 0.183. The fourth-order valence-electron chi connectivity index (χ4n) is 2.91. The van der Waals surface area contributed by atoms with Crippen LogP contribution in [0.3, 0.4) is 0 Å². The van der Waals surface area contributed by atoms with Crippen LogP contribution in [0.5, 0.6) is 17.2 Å². The number of nitrogens with zero attached hydrogens (tertiary/aromatic N) is 1. The Bertz CT molecular complexity index is 1220. The van der Waals surface area contributed by atoms with Crippen LogP contribution < -0.4 is 25.0 Å². The van der Waals surface area contributed by atoms with E-state index in [4.69, 9.17) is 14.2 Å². The van der Waals surface area contributed by atoms with E-state index in [1.54, 1.807) is 79.7 Å². The lowest BCUT2D eigenvalue weighted by atomic mass is 10.1. The van der Waals surface area contributed by atoms with Gasteiger partial charge in [-0.25, -0.2) is 10.2 Å². The van der Waals surface area contributed by atoms with Gasteiger partial charge in [-0.1, -0.05) is 30.3 Å². The maximum atomic E-state index is 12.4. The number of para-hydroxylation sites is 1. The number of hydrogen-bond acceptors (Lipinski definition) is 7. The highest BCUT2D eigenvalue weighted by Crippen LogP contribution is 2.29. The molecule has 0 saturated carbocycles. The average molecular weight is 461 g/mol. The van der Waals surface area contributed by atoms with E-state index in [1.165, 1.54) is 14.2 Å². The summed E-state index contributed by atoms with van der Waals surface area (Å²) in [6.45, 7) is 1.61. The molecule has 0 heterocycles. The Morgan fingerprint density at radius 1 is 0.794 bits per heavy atom. The average Bonchev–Trinajstić information content (AvgIpc) is 2.88. The van der Waals surface area contributed by atoms with Gasteiger partial charge in [0.25, 0.3) is 0 Å². The van der Waals surface area contributed by atoms with E-state index in [-0.39, 0.29) is 5.75 Å². The third-order valence-electron chi connectivity index (χ3n) is 4.68. The van der Waals surface area contributed by atoms with Gasteiger partial charge in [0.2, 0.25) is 0 Å². The van der Waals surface area contributed by atoms with Crippen LogP contribution in [0, 0.1) is 0 Å². The molecule has 0 unspecified atom stereocenters. The molecule has 0 bridgehead atoms. The zero-order valence-corrected chi connectivity index (χ0v) is 18.8. The smallest absolute Gasteiger partial charge is 0.343 e. The number of nitrogens with one attached hydrogen (secondary N) is 2. The molecule has 0 aliphatic rings. The molecule has 3 aromatic carbocycles. The van der Waals surface area contributed by atoms with Gasteiger partial charge >= 0.3 is 17.8 Å². The minimum absolute atomic E-state index is 0.263. The van der Waals surface area contributed by atoms with Gasteiger partial charge in [-0.2, -0.15) is 5.10 Å². The van der Waals surface area contributed by atoms with Crippen LogP contribution >= 0.6 is 0 Å². The van der Waals surface area contributed by atoms with Crippen LogP contribution in [0.25, 0.3) is 0 Å². The molecule has 0 saturated heterocycles. The summed E-state index contributed by atoms with van der Waals surface area (Å²) in [5.41, 5.74) is 3.70. The van der Waals surface area contributed by atoms with Crippen molar-refractivity contribution < 1.29 is 28.6 Å². The molecule has 0 fully saturated rings. The molecular formula is C25H23N3O6. The van der Waals surface area contributed by atoms with Gasteiger partial charge in [0.15, 0.2) is 0 Å². The number of carbonyl (C=O) groups is 3. The zero-order chi connectivity index (χ0) is 24.5. The molecule has 9 nitrogen and oxygen atoms in total. The van der Waals surface area contributed by atoms with Crippen molar-refractivity contribution in [3.8, 4) is 17.2 Å². The van der Waals surface area contributed by atoms with Gasteiger partial charge in [0.1, 0.15) is 17.2 Å². The van der Waals surface area contributed by atoms with Gasteiger partial charge < -0.3 is 19.5 Å². The van der Waals surface area contributed by atoms with Gasteiger partial charge in [-0.05, 0) is 43.3 Å². The van der Waals surface area contributed by atoms with Gasteiger partial charge in [0, 0.05) is 11.6 Å². The first-order chi connectivity index (χ1) is 16.4. The first-order valence-electron chi connectivity index (χ1n) is 10.2. The van der Waals surface area contributed by atoms with Crippen molar-refractivity contribution in [1.82, 2.24) is 5.43 Å². The zero-order valence-electron chi connectivity index (χ0n) is 18.8. The van der Waals surface area contributed by atoms with E-state index >= 15 is 0 Å². The van der Waals surface area contributed by atoms with Crippen LogP contribution in [0.2, 0.25) is 0 Å². The molecule has 0 aliphatic carbocycles. The Morgan fingerprint density at radius 3 is 2.21 bits per heavy atom. The molecule has 0 spiro atoms. The number of anilines is 1. The predicted octanol–water partition coefficient (Wildman–Crippen LogP) is 3.40. The van der Waals surface area contributed by atoms with Crippen LogP contribution in [0.4, 0.5) is 5.69 Å². The normalized spacial score (nSPS) is 10.7. The molecule has 3 aromatic rings. The number of ether oxygens (including phenoxy) is 3. The Labute approximate surface area is 196 Å². The highest BCUT2D eigenvalue weighted by atomic mass is 16.5. The maximum absolute atomic E-state index is 12.4. The fourth-order valence-corrected chi connectivity index (χ4v) is 2.91. The summed E-state index contributed by atoms with van der Waals surface area (Å²) in [4.78, 5) is 37.0. The number of esters is 1. The van der Waals surface area contributed by atoms with Crippen LogP contribution in [0.1, 0.15) is 22.8 Å². The molecule has 9 heteroatoms. The van der Waals surface area contributed by atoms with Gasteiger partial charge in [-0.3, -0.25) is 9.59 Å². The SMILES string of the molecule is COc1ccc(NC(=O)C(=O)N/N=C(\C)c2ccccc2OC(=O)c2ccccc2)c(OC)c1. The Balaban J connectivity index is 1.68. The molecular weight excluding hydrogens is 438 g/mol. The van der Waals surface area contributed by atoms with Crippen LogP contribution in [-0.2, 0) is 9.59 Å². The summed E-state index contributed by atoms with van der Waals surface area (Å²) in [6.07, 6.45) is 0.